The Morgan fingerprint density at radius 1 is 1.30 bits per heavy atom. The Morgan fingerprint density at radius 2 is 2.10 bits per heavy atom. The van der Waals surface area contributed by atoms with Crippen molar-refractivity contribution >= 4 is 17.5 Å². The van der Waals surface area contributed by atoms with Gasteiger partial charge in [-0.25, -0.2) is 9.07 Å². The quantitative estimate of drug-likeness (QED) is 0.644. The van der Waals surface area contributed by atoms with Gasteiger partial charge in [-0.1, -0.05) is 19.1 Å². The molecular formula is C23H22FN3O3. The number of aromatic nitrogens is 2. The fourth-order valence-electron chi connectivity index (χ4n) is 3.89. The summed E-state index contributed by atoms with van der Waals surface area (Å²) in [6.45, 7) is 3.87. The van der Waals surface area contributed by atoms with Gasteiger partial charge in [-0.3, -0.25) is 9.59 Å². The van der Waals surface area contributed by atoms with Crippen LogP contribution in [0, 0.1) is 12.7 Å². The summed E-state index contributed by atoms with van der Waals surface area (Å²) in [6, 6.07) is 11.9. The summed E-state index contributed by atoms with van der Waals surface area (Å²) in [5.74, 6) is -1.39. The second-order valence-corrected chi connectivity index (χ2v) is 7.30. The monoisotopic (exact) mass is 407 g/mol. The van der Waals surface area contributed by atoms with E-state index < -0.39 is 11.7 Å². The Labute approximate surface area is 173 Å². The molecule has 3 aromatic rings. The van der Waals surface area contributed by atoms with Gasteiger partial charge in [0.1, 0.15) is 5.82 Å². The summed E-state index contributed by atoms with van der Waals surface area (Å²) in [7, 11) is 1.36. The first kappa shape index (κ1) is 19.8. The number of carbonyl (C=O) groups excluding carboxylic acids is 2. The summed E-state index contributed by atoms with van der Waals surface area (Å²) < 4.78 is 20.7. The van der Waals surface area contributed by atoms with Crippen LogP contribution in [0.25, 0.3) is 5.69 Å². The lowest BCUT2D eigenvalue weighted by molar-refractivity contribution is -0.116. The fourth-order valence-corrected chi connectivity index (χ4v) is 3.89. The minimum absolute atomic E-state index is 0.0129. The number of nitrogens with one attached hydrogen (secondary N) is 1. The number of ether oxygens (including phenoxy) is 1. The third-order valence-corrected chi connectivity index (χ3v) is 5.42. The van der Waals surface area contributed by atoms with Crippen molar-refractivity contribution in [2.24, 2.45) is 0 Å². The number of carbonyl (C=O) groups is 2. The van der Waals surface area contributed by atoms with Crippen molar-refractivity contribution in [3.8, 4) is 11.4 Å². The smallest absolute Gasteiger partial charge is 0.226 e. The van der Waals surface area contributed by atoms with Crippen LogP contribution in [0.3, 0.4) is 0 Å². The average Bonchev–Trinajstić information content (AvgIpc) is 3.08. The normalized spacial score (nSPS) is 15.5. The molecular weight excluding hydrogens is 385 g/mol. The highest BCUT2D eigenvalue weighted by molar-refractivity contribution is 6.08. The third kappa shape index (κ3) is 3.36. The molecule has 2 heterocycles. The van der Waals surface area contributed by atoms with Crippen molar-refractivity contribution in [2.45, 2.75) is 32.6 Å². The highest BCUT2D eigenvalue weighted by Gasteiger charge is 2.36. The number of halogens is 1. The molecule has 30 heavy (non-hydrogen) atoms. The summed E-state index contributed by atoms with van der Waals surface area (Å²) in [5.41, 5.74) is 3.46. The number of ketones is 1. The molecule has 0 saturated carbocycles. The fraction of sp³-hybridized carbons (Fsp3) is 0.261. The molecule has 1 unspecified atom stereocenters. The van der Waals surface area contributed by atoms with E-state index in [4.69, 9.17) is 4.74 Å². The zero-order valence-corrected chi connectivity index (χ0v) is 17.0. The van der Waals surface area contributed by atoms with Crippen molar-refractivity contribution in [1.82, 2.24) is 9.78 Å². The van der Waals surface area contributed by atoms with Crippen LogP contribution in [0.4, 0.5) is 10.2 Å². The molecule has 1 aliphatic heterocycles. The zero-order valence-electron chi connectivity index (χ0n) is 17.0. The van der Waals surface area contributed by atoms with E-state index in [1.54, 1.807) is 4.68 Å². The Kier molecular flexibility index (Phi) is 5.11. The van der Waals surface area contributed by atoms with E-state index in [2.05, 4.69) is 17.3 Å². The predicted octanol–water partition coefficient (Wildman–Crippen LogP) is 4.20. The van der Waals surface area contributed by atoms with Gasteiger partial charge in [0.05, 0.1) is 24.4 Å². The molecule has 0 spiro atoms. The van der Waals surface area contributed by atoms with Crippen LogP contribution in [0.5, 0.6) is 5.75 Å². The molecule has 0 saturated heterocycles. The van der Waals surface area contributed by atoms with Crippen molar-refractivity contribution in [3.05, 3.63) is 70.7 Å². The highest BCUT2D eigenvalue weighted by atomic mass is 19.1. The predicted molar refractivity (Wildman–Crippen MR) is 111 cm³/mol. The minimum atomic E-state index is -0.732. The van der Waals surface area contributed by atoms with Gasteiger partial charge < -0.3 is 10.1 Å². The number of anilines is 1. The van der Waals surface area contributed by atoms with Gasteiger partial charge in [0.15, 0.2) is 17.3 Å². The number of benzene rings is 2. The maximum Gasteiger partial charge on any atom is 0.226 e. The highest BCUT2D eigenvalue weighted by Crippen LogP contribution is 2.38. The summed E-state index contributed by atoms with van der Waals surface area (Å²) in [6.07, 6.45) is 0.855. The Bertz CT molecular complexity index is 1150. The molecule has 0 bridgehead atoms. The lowest BCUT2D eigenvalue weighted by Crippen LogP contribution is -2.28. The molecule has 7 heteroatoms. The van der Waals surface area contributed by atoms with E-state index in [9.17, 15) is 14.0 Å². The number of Topliss-reactive ketones (excluding diaryl/α,β-unsaturated/α-hetero) is 1. The number of methoxy groups -OCH3 is 1. The van der Waals surface area contributed by atoms with Crippen molar-refractivity contribution in [2.75, 3.05) is 12.4 Å². The first-order valence-electron chi connectivity index (χ1n) is 9.79. The van der Waals surface area contributed by atoms with Crippen molar-refractivity contribution < 1.29 is 18.7 Å². The van der Waals surface area contributed by atoms with Gasteiger partial charge in [0.2, 0.25) is 5.91 Å². The van der Waals surface area contributed by atoms with Crippen LogP contribution in [-0.2, 0) is 11.2 Å². The lowest BCUT2D eigenvalue weighted by atomic mass is 9.85. The molecule has 1 amide bonds. The molecule has 0 fully saturated rings. The number of hydrogen-bond acceptors (Lipinski definition) is 4. The van der Waals surface area contributed by atoms with E-state index in [-0.39, 0.29) is 29.4 Å². The van der Waals surface area contributed by atoms with Gasteiger partial charge in [0.25, 0.3) is 0 Å². The second kappa shape index (κ2) is 7.74. The van der Waals surface area contributed by atoms with Gasteiger partial charge >= 0.3 is 0 Å². The topological polar surface area (TPSA) is 73.2 Å². The van der Waals surface area contributed by atoms with Crippen LogP contribution < -0.4 is 10.1 Å². The molecule has 0 aliphatic carbocycles. The first-order chi connectivity index (χ1) is 14.4. The minimum Gasteiger partial charge on any atom is -0.494 e. The lowest BCUT2D eigenvalue weighted by Gasteiger charge is -2.23. The van der Waals surface area contributed by atoms with Gasteiger partial charge in [-0.2, -0.15) is 5.10 Å². The summed E-state index contributed by atoms with van der Waals surface area (Å²) in [5, 5.41) is 7.47. The van der Waals surface area contributed by atoms with Crippen LogP contribution in [0.15, 0.2) is 42.5 Å². The van der Waals surface area contributed by atoms with Crippen molar-refractivity contribution in [1.29, 1.82) is 0 Å². The van der Waals surface area contributed by atoms with Crippen LogP contribution in [0.2, 0.25) is 0 Å². The Balaban J connectivity index is 1.79. The summed E-state index contributed by atoms with van der Waals surface area (Å²) >= 11 is 0. The molecule has 1 N–H and O–H groups in total. The molecule has 4 rings (SSSR count). The second-order valence-electron chi connectivity index (χ2n) is 7.30. The van der Waals surface area contributed by atoms with E-state index in [0.717, 1.165) is 23.7 Å². The van der Waals surface area contributed by atoms with E-state index in [1.807, 2.05) is 31.2 Å². The number of fused-ring (bicyclic) bond motifs is 1. The molecule has 1 aliphatic rings. The molecule has 6 nitrogen and oxygen atoms in total. The number of hydrogen-bond donors (Lipinski definition) is 1. The third-order valence-electron chi connectivity index (χ3n) is 5.42. The van der Waals surface area contributed by atoms with Crippen LogP contribution in [0.1, 0.15) is 46.4 Å². The van der Waals surface area contributed by atoms with Crippen molar-refractivity contribution in [3.63, 3.8) is 0 Å². The molecule has 2 aromatic carbocycles. The number of nitrogens with zero attached hydrogens (tertiary/aromatic N) is 2. The van der Waals surface area contributed by atoms with Crippen LogP contribution >= 0.6 is 0 Å². The number of amides is 1. The SMILES string of the molecule is CCc1cccc(-n2nc(C)c3c2NC(=O)CC3C(=O)c2ccc(OC)c(F)c2)c1. The molecule has 1 atom stereocenters. The first-order valence-corrected chi connectivity index (χ1v) is 9.79. The Hall–Kier alpha value is -3.48. The average molecular weight is 407 g/mol. The van der Waals surface area contributed by atoms with Gasteiger partial charge in [-0.05, 0) is 49.2 Å². The molecule has 1 aromatic heterocycles. The van der Waals surface area contributed by atoms with Gasteiger partial charge in [-0.15, -0.1) is 0 Å². The maximum atomic E-state index is 14.2. The van der Waals surface area contributed by atoms with E-state index in [0.29, 0.717) is 17.1 Å². The maximum absolute atomic E-state index is 14.2. The largest absolute Gasteiger partial charge is 0.494 e. The standard InChI is InChI=1S/C23H22FN3O3/c1-4-14-6-5-7-16(10-14)27-23-21(13(2)26-27)17(12-20(28)25-23)22(29)15-8-9-19(30-3)18(24)11-15/h5-11,17H,4,12H2,1-3H3,(H,25,28). The Morgan fingerprint density at radius 3 is 2.80 bits per heavy atom. The van der Waals surface area contributed by atoms with E-state index in [1.165, 1.54) is 19.2 Å². The van der Waals surface area contributed by atoms with Crippen LogP contribution in [-0.4, -0.2) is 28.6 Å². The number of rotatable bonds is 5. The van der Waals surface area contributed by atoms with E-state index >= 15 is 0 Å². The zero-order chi connectivity index (χ0) is 21.4. The summed E-state index contributed by atoms with van der Waals surface area (Å²) in [4.78, 5) is 25.7. The number of aryl methyl sites for hydroxylation is 2. The molecule has 0 radical (unpaired) electrons. The molecule has 154 valence electrons. The van der Waals surface area contributed by atoms with Gasteiger partial charge in [0, 0.05) is 17.5 Å².